The second kappa shape index (κ2) is 5.73. The van der Waals surface area contributed by atoms with E-state index in [2.05, 4.69) is 13.8 Å². The highest BCUT2D eigenvalue weighted by atomic mass is 16.5. The van der Waals surface area contributed by atoms with E-state index in [1.165, 1.54) is 0 Å². The lowest BCUT2D eigenvalue weighted by Crippen LogP contribution is -2.30. The number of hydrogen-bond donors (Lipinski definition) is 1. The van der Waals surface area contributed by atoms with Gasteiger partial charge in [-0.25, -0.2) is 0 Å². The van der Waals surface area contributed by atoms with E-state index in [-0.39, 0.29) is 11.3 Å². The molecule has 1 saturated heterocycles. The van der Waals surface area contributed by atoms with Crippen LogP contribution in [0.3, 0.4) is 0 Å². The fourth-order valence-corrected chi connectivity index (χ4v) is 2.56. The molecule has 1 aromatic carbocycles. The van der Waals surface area contributed by atoms with Gasteiger partial charge in [-0.1, -0.05) is 19.9 Å². The molecule has 2 N–H and O–H groups in total. The molecule has 0 radical (unpaired) electrons. The van der Waals surface area contributed by atoms with E-state index in [1.54, 1.807) is 7.11 Å². The number of carbonyl (C=O) groups excluding carboxylic acids is 1. The maximum Gasteiger partial charge on any atom is 0.222 e. The van der Waals surface area contributed by atoms with Gasteiger partial charge in [0, 0.05) is 36.8 Å². The maximum absolute atomic E-state index is 12.2. The summed E-state index contributed by atoms with van der Waals surface area (Å²) in [6, 6.07) is 5.60. The molecule has 0 bridgehead atoms. The quantitative estimate of drug-likeness (QED) is 0.864. The van der Waals surface area contributed by atoms with Crippen LogP contribution >= 0.6 is 0 Å². The van der Waals surface area contributed by atoms with Gasteiger partial charge in [-0.3, -0.25) is 4.79 Å². The molecule has 1 aliphatic heterocycles. The highest BCUT2D eigenvalue weighted by Gasteiger charge is 2.27. The van der Waals surface area contributed by atoms with E-state index in [0.29, 0.717) is 18.7 Å². The van der Waals surface area contributed by atoms with Gasteiger partial charge in [-0.15, -0.1) is 0 Å². The zero-order valence-corrected chi connectivity index (χ0v) is 12.6. The van der Waals surface area contributed by atoms with Crippen molar-refractivity contribution in [3.8, 4) is 5.75 Å². The highest BCUT2D eigenvalue weighted by molar-refractivity contribution is 5.76. The summed E-state index contributed by atoms with van der Waals surface area (Å²) in [4.78, 5) is 14.2. The summed E-state index contributed by atoms with van der Waals surface area (Å²) in [6.07, 6.45) is 2.63. The van der Waals surface area contributed by atoms with Crippen molar-refractivity contribution in [2.45, 2.75) is 39.7 Å². The zero-order chi connectivity index (χ0) is 14.8. The smallest absolute Gasteiger partial charge is 0.222 e. The van der Waals surface area contributed by atoms with Crippen molar-refractivity contribution in [2.75, 3.05) is 19.4 Å². The van der Waals surface area contributed by atoms with E-state index in [4.69, 9.17) is 10.5 Å². The number of benzene rings is 1. The summed E-state index contributed by atoms with van der Waals surface area (Å²) in [6.45, 7) is 5.86. The highest BCUT2D eigenvalue weighted by Crippen LogP contribution is 2.31. The third-order valence-electron chi connectivity index (χ3n) is 4.10. The van der Waals surface area contributed by atoms with Crippen LogP contribution in [0.4, 0.5) is 5.69 Å². The van der Waals surface area contributed by atoms with Gasteiger partial charge in [0.1, 0.15) is 5.75 Å². The van der Waals surface area contributed by atoms with Crippen molar-refractivity contribution in [3.05, 3.63) is 23.8 Å². The fourth-order valence-electron chi connectivity index (χ4n) is 2.56. The second-order valence-electron chi connectivity index (χ2n) is 6.30. The lowest BCUT2D eigenvalue weighted by molar-refractivity contribution is -0.131. The number of nitrogens with zero attached hydrogens (tertiary/aromatic N) is 1. The Morgan fingerprint density at radius 1 is 1.35 bits per heavy atom. The number of likely N-dealkylation sites (tertiary alicyclic amines) is 1. The van der Waals surface area contributed by atoms with E-state index in [0.717, 1.165) is 30.7 Å². The molecule has 1 fully saturated rings. The Labute approximate surface area is 120 Å². The maximum atomic E-state index is 12.2. The number of nitrogens with two attached hydrogens (primary N) is 1. The predicted octanol–water partition coefficient (Wildman–Crippen LogP) is 2.82. The van der Waals surface area contributed by atoms with E-state index < -0.39 is 0 Å². The number of carbonyl (C=O) groups is 1. The number of methoxy groups -OCH3 is 1. The Hall–Kier alpha value is -1.71. The van der Waals surface area contributed by atoms with Crippen molar-refractivity contribution < 1.29 is 9.53 Å². The molecule has 1 amide bonds. The normalized spacial score (nSPS) is 18.8. The van der Waals surface area contributed by atoms with Gasteiger partial charge in [0.25, 0.3) is 0 Å². The van der Waals surface area contributed by atoms with E-state index in [9.17, 15) is 4.79 Å². The lowest BCUT2D eigenvalue weighted by atomic mass is 9.85. The van der Waals surface area contributed by atoms with Crippen LogP contribution in [0.25, 0.3) is 0 Å². The summed E-state index contributed by atoms with van der Waals surface area (Å²) in [5.41, 5.74) is 7.69. The molecule has 4 nitrogen and oxygen atoms in total. The second-order valence-corrected chi connectivity index (χ2v) is 6.30. The molecular weight excluding hydrogens is 252 g/mol. The molecule has 0 spiro atoms. The third kappa shape index (κ3) is 3.44. The van der Waals surface area contributed by atoms with Gasteiger partial charge >= 0.3 is 0 Å². The number of anilines is 1. The first kappa shape index (κ1) is 14.7. The Kier molecular flexibility index (Phi) is 4.21. The molecule has 1 aromatic rings. The van der Waals surface area contributed by atoms with Gasteiger partial charge < -0.3 is 15.4 Å². The molecule has 0 aromatic heterocycles. The van der Waals surface area contributed by atoms with Gasteiger partial charge in [0.05, 0.1) is 7.11 Å². The Morgan fingerprint density at radius 3 is 2.80 bits per heavy atom. The molecular formula is C16H24N2O2. The first-order valence-electron chi connectivity index (χ1n) is 7.11. The summed E-state index contributed by atoms with van der Waals surface area (Å²) in [5.74, 6) is 0.982. The minimum Gasteiger partial charge on any atom is -0.496 e. The monoisotopic (exact) mass is 276 g/mol. The Morgan fingerprint density at radius 2 is 2.10 bits per heavy atom. The number of rotatable bonds is 3. The number of amides is 1. The molecule has 1 heterocycles. The average Bonchev–Trinajstić information content (AvgIpc) is 2.53. The third-order valence-corrected chi connectivity index (χ3v) is 4.10. The van der Waals surface area contributed by atoms with Crippen LogP contribution in [0.15, 0.2) is 18.2 Å². The van der Waals surface area contributed by atoms with Crippen LogP contribution in [-0.2, 0) is 11.3 Å². The summed E-state index contributed by atoms with van der Waals surface area (Å²) < 4.78 is 5.36. The van der Waals surface area contributed by atoms with Gasteiger partial charge in [-0.2, -0.15) is 0 Å². The predicted molar refractivity (Wildman–Crippen MR) is 80.5 cm³/mol. The lowest BCUT2D eigenvalue weighted by Gasteiger charge is -2.24. The molecule has 1 aliphatic rings. The molecule has 0 unspecified atom stereocenters. The zero-order valence-electron chi connectivity index (χ0n) is 12.6. The summed E-state index contributed by atoms with van der Waals surface area (Å²) in [5, 5.41) is 0. The Bertz CT molecular complexity index is 497. The Balaban J connectivity index is 2.14. The molecule has 0 saturated carbocycles. The summed E-state index contributed by atoms with van der Waals surface area (Å²) >= 11 is 0. The van der Waals surface area contributed by atoms with Crippen molar-refractivity contribution in [1.29, 1.82) is 0 Å². The van der Waals surface area contributed by atoms with Crippen LogP contribution in [-0.4, -0.2) is 24.5 Å². The van der Waals surface area contributed by atoms with Gasteiger partial charge in [0.2, 0.25) is 5.91 Å². The first-order chi connectivity index (χ1) is 9.41. The summed E-state index contributed by atoms with van der Waals surface area (Å²) in [7, 11) is 1.63. The molecule has 20 heavy (non-hydrogen) atoms. The van der Waals surface area contributed by atoms with Crippen LogP contribution < -0.4 is 10.5 Å². The molecule has 4 heteroatoms. The standard InChI is InChI=1S/C16H24N2O2/c1-16(2)7-6-15(19)18(9-8-16)11-12-4-5-13(17)10-14(12)20-3/h4-5,10H,6-9,11,17H2,1-3H3. The number of hydrogen-bond acceptors (Lipinski definition) is 3. The number of ether oxygens (including phenoxy) is 1. The van der Waals surface area contributed by atoms with Crippen molar-refractivity contribution in [1.82, 2.24) is 4.90 Å². The van der Waals surface area contributed by atoms with Gasteiger partial charge in [0.15, 0.2) is 0 Å². The van der Waals surface area contributed by atoms with E-state index in [1.807, 2.05) is 23.1 Å². The number of nitrogen functional groups attached to an aromatic ring is 1. The topological polar surface area (TPSA) is 55.6 Å². The minimum absolute atomic E-state index is 0.231. The molecule has 0 aliphatic carbocycles. The minimum atomic E-state index is 0.231. The molecule has 110 valence electrons. The molecule has 0 atom stereocenters. The van der Waals surface area contributed by atoms with Crippen molar-refractivity contribution in [3.63, 3.8) is 0 Å². The van der Waals surface area contributed by atoms with Crippen LogP contribution in [0.5, 0.6) is 5.75 Å². The van der Waals surface area contributed by atoms with Gasteiger partial charge in [-0.05, 0) is 24.3 Å². The SMILES string of the molecule is COc1cc(N)ccc1CN1CCC(C)(C)CCC1=O. The first-order valence-corrected chi connectivity index (χ1v) is 7.11. The van der Waals surface area contributed by atoms with Crippen molar-refractivity contribution in [2.24, 2.45) is 5.41 Å². The fraction of sp³-hybridized carbons (Fsp3) is 0.562. The van der Waals surface area contributed by atoms with Crippen LogP contribution in [0.2, 0.25) is 0 Å². The van der Waals surface area contributed by atoms with Crippen molar-refractivity contribution >= 4 is 11.6 Å². The largest absolute Gasteiger partial charge is 0.496 e. The van der Waals surface area contributed by atoms with Crippen LogP contribution in [0.1, 0.15) is 38.7 Å². The van der Waals surface area contributed by atoms with Crippen LogP contribution in [0, 0.1) is 5.41 Å². The average molecular weight is 276 g/mol. The van der Waals surface area contributed by atoms with E-state index >= 15 is 0 Å². The molecule has 2 rings (SSSR count).